The molecule has 4 rings (SSSR count). The normalized spacial score (nSPS) is 18.9. The average Bonchev–Trinajstić information content (AvgIpc) is 3.17. The van der Waals surface area contributed by atoms with Crippen molar-refractivity contribution in [2.24, 2.45) is 0 Å². The number of carbonyl (C=O) groups is 3. The first-order valence-corrected chi connectivity index (χ1v) is 10.3. The third-order valence-corrected chi connectivity index (χ3v) is 6.65. The minimum Gasteiger partial charge on any atom is -0.322 e. The van der Waals surface area contributed by atoms with Gasteiger partial charge in [0, 0.05) is 10.1 Å². The molecular weight excluding hydrogens is 410 g/mol. The monoisotopic (exact) mass is 427 g/mol. The van der Waals surface area contributed by atoms with Crippen molar-refractivity contribution >= 4 is 50.9 Å². The first kappa shape index (κ1) is 19.4. The molecule has 1 atom stereocenters. The van der Waals surface area contributed by atoms with Crippen LogP contribution in [0.2, 0.25) is 5.02 Å². The Morgan fingerprint density at radius 1 is 1.14 bits per heavy atom. The summed E-state index contributed by atoms with van der Waals surface area (Å²) >= 11 is 7.54. The molecule has 0 aliphatic carbocycles. The van der Waals surface area contributed by atoms with Crippen LogP contribution < -0.4 is 10.7 Å². The third kappa shape index (κ3) is 3.59. The molecule has 29 heavy (non-hydrogen) atoms. The number of thiophene rings is 1. The molecule has 8 heteroatoms. The maximum atomic E-state index is 12.9. The molecule has 4 amide bonds. The number of hydrogen-bond donors (Lipinski definition) is 2. The molecule has 1 fully saturated rings. The number of rotatable bonds is 5. The summed E-state index contributed by atoms with van der Waals surface area (Å²) in [5, 5.41) is 4.50. The number of carbonyl (C=O) groups excluding carboxylic acids is 3. The van der Waals surface area contributed by atoms with Crippen molar-refractivity contribution < 1.29 is 14.4 Å². The highest BCUT2D eigenvalue weighted by Gasteiger charge is 2.48. The predicted octanol–water partition coefficient (Wildman–Crippen LogP) is 4.14. The number of hydrogen-bond acceptors (Lipinski definition) is 4. The van der Waals surface area contributed by atoms with Crippen LogP contribution in [0, 0.1) is 0 Å². The van der Waals surface area contributed by atoms with Crippen LogP contribution in [0.3, 0.4) is 0 Å². The molecule has 6 nitrogen and oxygen atoms in total. The quantitative estimate of drug-likeness (QED) is 0.600. The van der Waals surface area contributed by atoms with Crippen molar-refractivity contribution in [1.82, 2.24) is 15.8 Å². The van der Waals surface area contributed by atoms with E-state index in [9.17, 15) is 14.4 Å². The van der Waals surface area contributed by atoms with Gasteiger partial charge in [-0.15, -0.1) is 11.3 Å². The zero-order chi connectivity index (χ0) is 20.6. The van der Waals surface area contributed by atoms with E-state index in [1.165, 1.54) is 11.3 Å². The fourth-order valence-corrected chi connectivity index (χ4v) is 4.71. The van der Waals surface area contributed by atoms with Gasteiger partial charge in [0.05, 0.1) is 5.02 Å². The van der Waals surface area contributed by atoms with Gasteiger partial charge in [-0.1, -0.05) is 60.1 Å². The Morgan fingerprint density at radius 2 is 1.83 bits per heavy atom. The van der Waals surface area contributed by atoms with E-state index < -0.39 is 23.4 Å². The summed E-state index contributed by atoms with van der Waals surface area (Å²) in [7, 11) is 0. The minimum atomic E-state index is -1.09. The van der Waals surface area contributed by atoms with Crippen LogP contribution in [0.5, 0.6) is 0 Å². The highest BCUT2D eigenvalue weighted by molar-refractivity contribution is 7.21. The molecule has 1 saturated heterocycles. The van der Waals surface area contributed by atoms with E-state index in [1.807, 2.05) is 54.6 Å². The maximum absolute atomic E-state index is 12.9. The molecule has 1 aliphatic rings. The maximum Gasteiger partial charge on any atom is 0.344 e. The summed E-state index contributed by atoms with van der Waals surface area (Å²) in [6.07, 6.45) is 1.03. The molecule has 0 spiro atoms. The molecule has 0 radical (unpaired) electrons. The standard InChI is InChI=1S/C21H18ClN3O3S/c1-21(12-11-13-7-3-2-4-8-13)19(27)25(20(28)23-21)24-18(26)17-16(22)14-9-5-6-10-15(14)29-17/h2-10H,11-12H2,1H3,(H,23,28)(H,24,26)/t21-/m1/s1. The molecule has 2 aromatic carbocycles. The number of fused-ring (bicyclic) bond motifs is 1. The summed E-state index contributed by atoms with van der Waals surface area (Å²) in [6, 6.07) is 16.4. The van der Waals surface area contributed by atoms with Crippen molar-refractivity contribution in [2.75, 3.05) is 0 Å². The van der Waals surface area contributed by atoms with E-state index in [1.54, 1.807) is 6.92 Å². The largest absolute Gasteiger partial charge is 0.344 e. The van der Waals surface area contributed by atoms with Gasteiger partial charge in [-0.3, -0.25) is 15.0 Å². The Kier molecular flexibility index (Phi) is 5.02. The summed E-state index contributed by atoms with van der Waals surface area (Å²) < 4.78 is 0.854. The Balaban J connectivity index is 1.49. The number of halogens is 1. The smallest absolute Gasteiger partial charge is 0.322 e. The van der Waals surface area contributed by atoms with Crippen molar-refractivity contribution in [2.45, 2.75) is 25.3 Å². The number of urea groups is 1. The molecule has 2 heterocycles. The predicted molar refractivity (Wildman–Crippen MR) is 113 cm³/mol. The van der Waals surface area contributed by atoms with Gasteiger partial charge in [-0.2, -0.15) is 5.01 Å². The molecule has 148 valence electrons. The molecule has 1 aliphatic heterocycles. The highest BCUT2D eigenvalue weighted by Crippen LogP contribution is 2.35. The van der Waals surface area contributed by atoms with Gasteiger partial charge in [0.15, 0.2) is 0 Å². The van der Waals surface area contributed by atoms with Gasteiger partial charge in [0.1, 0.15) is 10.4 Å². The number of nitrogens with zero attached hydrogens (tertiary/aromatic N) is 1. The SMILES string of the molecule is C[C@]1(CCc2ccccc2)NC(=O)N(NC(=O)c2sc3ccccc3c2Cl)C1=O. The summed E-state index contributed by atoms with van der Waals surface area (Å²) in [6.45, 7) is 1.66. The van der Waals surface area contributed by atoms with Crippen molar-refractivity contribution in [1.29, 1.82) is 0 Å². The molecule has 1 aromatic heterocycles. The van der Waals surface area contributed by atoms with Crippen LogP contribution in [0.1, 0.15) is 28.6 Å². The fourth-order valence-electron chi connectivity index (χ4n) is 3.31. The van der Waals surface area contributed by atoms with E-state index >= 15 is 0 Å². The van der Waals surface area contributed by atoms with Crippen LogP contribution in [-0.2, 0) is 11.2 Å². The molecule has 0 saturated carbocycles. The lowest BCUT2D eigenvalue weighted by atomic mass is 9.93. The molecule has 0 bridgehead atoms. The highest BCUT2D eigenvalue weighted by atomic mass is 35.5. The second-order valence-electron chi connectivity index (χ2n) is 7.07. The lowest BCUT2D eigenvalue weighted by Gasteiger charge is -2.21. The van der Waals surface area contributed by atoms with E-state index in [2.05, 4.69) is 10.7 Å². The topological polar surface area (TPSA) is 78.5 Å². The van der Waals surface area contributed by atoms with Crippen LogP contribution in [0.15, 0.2) is 54.6 Å². The number of nitrogens with one attached hydrogen (secondary N) is 2. The van der Waals surface area contributed by atoms with Crippen LogP contribution in [-0.4, -0.2) is 28.4 Å². The van der Waals surface area contributed by atoms with E-state index in [0.29, 0.717) is 17.9 Å². The zero-order valence-corrected chi connectivity index (χ0v) is 17.1. The third-order valence-electron chi connectivity index (χ3n) is 4.97. The first-order valence-electron chi connectivity index (χ1n) is 9.08. The van der Waals surface area contributed by atoms with Crippen molar-refractivity contribution in [3.05, 3.63) is 70.1 Å². The molecule has 3 aromatic rings. The van der Waals surface area contributed by atoms with Gasteiger partial charge in [-0.05, 0) is 31.4 Å². The second-order valence-corrected chi connectivity index (χ2v) is 8.50. The Morgan fingerprint density at radius 3 is 2.55 bits per heavy atom. The van der Waals surface area contributed by atoms with Crippen molar-refractivity contribution in [3.8, 4) is 0 Å². The Hall–Kier alpha value is -2.90. The number of aryl methyl sites for hydroxylation is 1. The zero-order valence-electron chi connectivity index (χ0n) is 15.6. The van der Waals surface area contributed by atoms with Gasteiger partial charge in [0.2, 0.25) is 0 Å². The van der Waals surface area contributed by atoms with Gasteiger partial charge < -0.3 is 5.32 Å². The Bertz CT molecular complexity index is 1110. The van der Waals surface area contributed by atoms with Crippen LogP contribution >= 0.6 is 22.9 Å². The van der Waals surface area contributed by atoms with Crippen molar-refractivity contribution in [3.63, 3.8) is 0 Å². The molecular formula is C21H18ClN3O3S. The van der Waals surface area contributed by atoms with E-state index in [0.717, 1.165) is 20.7 Å². The molecule has 0 unspecified atom stereocenters. The number of imide groups is 1. The average molecular weight is 428 g/mol. The number of hydrazine groups is 1. The lowest BCUT2D eigenvalue weighted by Crippen LogP contribution is -2.48. The molecule has 2 N–H and O–H groups in total. The Labute approximate surface area is 176 Å². The van der Waals surface area contributed by atoms with Crippen LogP contribution in [0.4, 0.5) is 4.79 Å². The van der Waals surface area contributed by atoms with Crippen LogP contribution in [0.25, 0.3) is 10.1 Å². The summed E-state index contributed by atoms with van der Waals surface area (Å²) in [5.74, 6) is -1.09. The lowest BCUT2D eigenvalue weighted by molar-refractivity contribution is -0.132. The second kappa shape index (κ2) is 7.50. The number of amides is 4. The van der Waals surface area contributed by atoms with Gasteiger partial charge in [0.25, 0.3) is 11.8 Å². The number of benzene rings is 2. The first-order chi connectivity index (χ1) is 13.9. The summed E-state index contributed by atoms with van der Waals surface area (Å²) in [4.78, 5) is 38.2. The van der Waals surface area contributed by atoms with E-state index in [4.69, 9.17) is 11.6 Å². The fraction of sp³-hybridized carbons (Fsp3) is 0.190. The summed E-state index contributed by atoms with van der Waals surface area (Å²) in [5.41, 5.74) is 2.38. The van der Waals surface area contributed by atoms with Gasteiger partial charge in [-0.25, -0.2) is 4.79 Å². The minimum absolute atomic E-state index is 0.256. The van der Waals surface area contributed by atoms with Gasteiger partial charge >= 0.3 is 6.03 Å². The van der Waals surface area contributed by atoms with E-state index in [-0.39, 0.29) is 4.88 Å².